The SMILES string of the molecule is COC(=O)c1cccc2c1N[C@@H](c1cccnc1)[C@@H]1CC=C[C@H]21. The van der Waals surface area contributed by atoms with Gasteiger partial charge in [0.2, 0.25) is 0 Å². The van der Waals surface area contributed by atoms with Crippen molar-refractivity contribution in [3.05, 3.63) is 71.6 Å². The summed E-state index contributed by atoms with van der Waals surface area (Å²) in [6, 6.07) is 10.0. The van der Waals surface area contributed by atoms with E-state index in [1.165, 1.54) is 12.7 Å². The highest BCUT2D eigenvalue weighted by Gasteiger charge is 2.39. The molecular weight excluding hydrogens is 288 g/mol. The van der Waals surface area contributed by atoms with Crippen molar-refractivity contribution in [2.24, 2.45) is 5.92 Å². The number of benzene rings is 1. The quantitative estimate of drug-likeness (QED) is 0.679. The summed E-state index contributed by atoms with van der Waals surface area (Å²) in [5.74, 6) is 0.459. The number of pyridine rings is 1. The van der Waals surface area contributed by atoms with Crippen molar-refractivity contribution in [1.29, 1.82) is 0 Å². The number of hydrogen-bond acceptors (Lipinski definition) is 4. The Morgan fingerprint density at radius 2 is 2.22 bits per heavy atom. The number of para-hydroxylation sites is 1. The molecule has 1 aromatic heterocycles. The Morgan fingerprint density at radius 1 is 1.30 bits per heavy atom. The average Bonchev–Trinajstić information content (AvgIpc) is 3.10. The number of allylic oxidation sites excluding steroid dienone is 2. The molecular formula is C19H18N2O2. The minimum atomic E-state index is -0.306. The van der Waals surface area contributed by atoms with Gasteiger partial charge < -0.3 is 10.1 Å². The molecule has 4 rings (SSSR count). The van der Waals surface area contributed by atoms with Crippen molar-refractivity contribution < 1.29 is 9.53 Å². The molecule has 0 fully saturated rings. The van der Waals surface area contributed by atoms with E-state index in [4.69, 9.17) is 4.74 Å². The van der Waals surface area contributed by atoms with Gasteiger partial charge in [-0.25, -0.2) is 4.79 Å². The lowest BCUT2D eigenvalue weighted by Crippen LogP contribution is -2.30. The van der Waals surface area contributed by atoms with E-state index in [9.17, 15) is 4.79 Å². The Hall–Kier alpha value is -2.62. The highest BCUT2D eigenvalue weighted by molar-refractivity contribution is 5.97. The van der Waals surface area contributed by atoms with Gasteiger partial charge in [-0.2, -0.15) is 0 Å². The second kappa shape index (κ2) is 5.54. The molecule has 0 radical (unpaired) electrons. The smallest absolute Gasteiger partial charge is 0.339 e. The van der Waals surface area contributed by atoms with Crippen LogP contribution in [0.4, 0.5) is 5.69 Å². The second-order valence-electron chi connectivity index (χ2n) is 6.02. The van der Waals surface area contributed by atoms with Crippen molar-refractivity contribution in [2.75, 3.05) is 12.4 Å². The van der Waals surface area contributed by atoms with Gasteiger partial charge in [0.05, 0.1) is 24.4 Å². The van der Waals surface area contributed by atoms with Crippen LogP contribution < -0.4 is 5.32 Å². The molecule has 23 heavy (non-hydrogen) atoms. The number of methoxy groups -OCH3 is 1. The van der Waals surface area contributed by atoms with Crippen molar-refractivity contribution in [3.8, 4) is 0 Å². The molecule has 0 saturated heterocycles. The molecule has 4 nitrogen and oxygen atoms in total. The summed E-state index contributed by atoms with van der Waals surface area (Å²) in [6.07, 6.45) is 9.21. The predicted molar refractivity (Wildman–Crippen MR) is 88.4 cm³/mol. The Kier molecular flexibility index (Phi) is 3.37. The second-order valence-corrected chi connectivity index (χ2v) is 6.02. The minimum absolute atomic E-state index is 0.141. The largest absolute Gasteiger partial charge is 0.465 e. The number of fused-ring (bicyclic) bond motifs is 3. The van der Waals surface area contributed by atoms with Gasteiger partial charge in [0.25, 0.3) is 0 Å². The van der Waals surface area contributed by atoms with Gasteiger partial charge >= 0.3 is 5.97 Å². The molecule has 2 aromatic rings. The highest BCUT2D eigenvalue weighted by atomic mass is 16.5. The van der Waals surface area contributed by atoms with Gasteiger partial charge in [0.1, 0.15) is 0 Å². The molecule has 0 bridgehead atoms. The number of anilines is 1. The average molecular weight is 306 g/mol. The molecule has 0 saturated carbocycles. The number of hydrogen-bond donors (Lipinski definition) is 1. The predicted octanol–water partition coefficient (Wildman–Crippen LogP) is 3.69. The van der Waals surface area contributed by atoms with Crippen LogP contribution in [-0.4, -0.2) is 18.1 Å². The maximum atomic E-state index is 12.1. The van der Waals surface area contributed by atoms with Crippen LogP contribution in [0.3, 0.4) is 0 Å². The van der Waals surface area contributed by atoms with Crippen LogP contribution in [0, 0.1) is 5.92 Å². The van der Waals surface area contributed by atoms with E-state index in [2.05, 4.69) is 34.6 Å². The van der Waals surface area contributed by atoms with E-state index >= 15 is 0 Å². The summed E-state index contributed by atoms with van der Waals surface area (Å²) in [4.78, 5) is 16.4. The normalized spacial score (nSPS) is 24.5. The Morgan fingerprint density at radius 3 is 3.00 bits per heavy atom. The molecule has 0 amide bonds. The third-order valence-electron chi connectivity index (χ3n) is 4.85. The summed E-state index contributed by atoms with van der Waals surface area (Å²) >= 11 is 0. The molecule has 1 N–H and O–H groups in total. The fraction of sp³-hybridized carbons (Fsp3) is 0.263. The number of carbonyl (C=O) groups excluding carboxylic acids is 1. The number of carbonyl (C=O) groups is 1. The van der Waals surface area contributed by atoms with Gasteiger partial charge in [-0.05, 0) is 35.6 Å². The number of nitrogens with zero attached hydrogens (tertiary/aromatic N) is 1. The van der Waals surface area contributed by atoms with Gasteiger partial charge in [-0.3, -0.25) is 4.98 Å². The first-order valence-electron chi connectivity index (χ1n) is 7.84. The van der Waals surface area contributed by atoms with Gasteiger partial charge in [-0.15, -0.1) is 0 Å². The van der Waals surface area contributed by atoms with Crippen LogP contribution in [0.25, 0.3) is 0 Å². The van der Waals surface area contributed by atoms with Gasteiger partial charge in [-0.1, -0.05) is 30.4 Å². The van der Waals surface area contributed by atoms with Crippen LogP contribution in [0.5, 0.6) is 0 Å². The Bertz CT molecular complexity index is 770. The first-order chi connectivity index (χ1) is 11.3. The molecule has 4 heteroatoms. The highest BCUT2D eigenvalue weighted by Crippen LogP contribution is 2.50. The zero-order valence-electron chi connectivity index (χ0n) is 12.9. The van der Waals surface area contributed by atoms with E-state index in [0.717, 1.165) is 17.7 Å². The van der Waals surface area contributed by atoms with Crippen LogP contribution in [-0.2, 0) is 4.74 Å². The van der Waals surface area contributed by atoms with Crippen molar-refractivity contribution in [2.45, 2.75) is 18.4 Å². The maximum Gasteiger partial charge on any atom is 0.339 e. The summed E-state index contributed by atoms with van der Waals surface area (Å²) in [7, 11) is 1.42. The van der Waals surface area contributed by atoms with Crippen LogP contribution in [0.15, 0.2) is 54.9 Å². The lowest BCUT2D eigenvalue weighted by Gasteiger charge is -2.38. The summed E-state index contributed by atoms with van der Waals surface area (Å²) in [6.45, 7) is 0. The van der Waals surface area contributed by atoms with Crippen molar-refractivity contribution >= 4 is 11.7 Å². The molecule has 0 unspecified atom stereocenters. The molecule has 1 aliphatic carbocycles. The third-order valence-corrected chi connectivity index (χ3v) is 4.85. The number of ether oxygens (including phenoxy) is 1. The summed E-state index contributed by atoms with van der Waals surface area (Å²) in [5.41, 5.74) is 3.81. The van der Waals surface area contributed by atoms with E-state index < -0.39 is 0 Å². The molecule has 0 spiro atoms. The third kappa shape index (κ3) is 2.22. The fourth-order valence-electron chi connectivity index (χ4n) is 3.79. The number of rotatable bonds is 2. The van der Waals surface area contributed by atoms with Crippen LogP contribution in [0.1, 0.15) is 39.9 Å². The Balaban J connectivity index is 1.84. The maximum absolute atomic E-state index is 12.1. The van der Waals surface area contributed by atoms with Crippen LogP contribution in [0.2, 0.25) is 0 Å². The van der Waals surface area contributed by atoms with E-state index in [-0.39, 0.29) is 12.0 Å². The molecule has 1 aromatic carbocycles. The minimum Gasteiger partial charge on any atom is -0.465 e. The number of aromatic nitrogens is 1. The van der Waals surface area contributed by atoms with Crippen LogP contribution >= 0.6 is 0 Å². The van der Waals surface area contributed by atoms with E-state index in [0.29, 0.717) is 17.4 Å². The summed E-state index contributed by atoms with van der Waals surface area (Å²) in [5, 5.41) is 3.59. The van der Waals surface area contributed by atoms with Gasteiger partial charge in [0, 0.05) is 18.3 Å². The molecule has 3 atom stereocenters. The standard InChI is InChI=1S/C19H18N2O2/c1-23-19(22)16-9-3-8-15-13-6-2-7-14(13)17(21-18(15)16)12-5-4-10-20-11-12/h2-6,8-11,13-14,17,21H,7H2,1H3/t13-,14+,17-/m0/s1. The molecule has 2 heterocycles. The lowest BCUT2D eigenvalue weighted by molar-refractivity contribution is 0.0601. The number of esters is 1. The molecule has 116 valence electrons. The van der Waals surface area contributed by atoms with E-state index in [1.54, 1.807) is 6.20 Å². The molecule has 2 aliphatic rings. The first-order valence-corrected chi connectivity index (χ1v) is 7.84. The van der Waals surface area contributed by atoms with Gasteiger partial charge in [0.15, 0.2) is 0 Å². The molecule has 1 aliphatic heterocycles. The monoisotopic (exact) mass is 306 g/mol. The fourth-order valence-corrected chi connectivity index (χ4v) is 3.79. The van der Waals surface area contributed by atoms with E-state index in [1.807, 2.05) is 24.4 Å². The zero-order chi connectivity index (χ0) is 15.8. The summed E-state index contributed by atoms with van der Waals surface area (Å²) < 4.78 is 4.95. The number of nitrogens with one attached hydrogen (secondary N) is 1. The zero-order valence-corrected chi connectivity index (χ0v) is 12.9. The lowest BCUT2D eigenvalue weighted by atomic mass is 9.76. The topological polar surface area (TPSA) is 51.2 Å². The van der Waals surface area contributed by atoms with Crippen molar-refractivity contribution in [1.82, 2.24) is 4.98 Å². The van der Waals surface area contributed by atoms with Crippen molar-refractivity contribution in [3.63, 3.8) is 0 Å². The first kappa shape index (κ1) is 14.0. The Labute approximate surface area is 135 Å².